The second-order valence-corrected chi connectivity index (χ2v) is 5.92. The number of methoxy groups -OCH3 is 1. The van der Waals surface area contributed by atoms with Crippen molar-refractivity contribution in [2.24, 2.45) is 0 Å². The van der Waals surface area contributed by atoms with Crippen LogP contribution in [0.15, 0.2) is 42.5 Å². The number of hydrogen-bond acceptors (Lipinski definition) is 4. The minimum Gasteiger partial charge on any atom is -0.495 e. The van der Waals surface area contributed by atoms with Gasteiger partial charge in [-0.15, -0.1) is 0 Å². The van der Waals surface area contributed by atoms with E-state index >= 15 is 0 Å². The molecule has 0 radical (unpaired) electrons. The smallest absolute Gasteiger partial charge is 0.416 e. The number of halogens is 3. The number of alkyl halides is 3. The van der Waals surface area contributed by atoms with Gasteiger partial charge < -0.3 is 20.3 Å². The molecule has 2 aromatic carbocycles. The highest BCUT2D eigenvalue weighted by Gasteiger charge is 2.31. The van der Waals surface area contributed by atoms with E-state index in [1.807, 2.05) is 29.2 Å². The molecule has 0 atom stereocenters. The maximum Gasteiger partial charge on any atom is 0.416 e. The molecular formula is C18H20F3N3O. The number of anilines is 3. The summed E-state index contributed by atoms with van der Waals surface area (Å²) in [5, 5.41) is 0. The third-order valence-electron chi connectivity index (χ3n) is 4.40. The van der Waals surface area contributed by atoms with Gasteiger partial charge in [0.15, 0.2) is 0 Å². The van der Waals surface area contributed by atoms with Crippen molar-refractivity contribution in [3.05, 3.63) is 48.0 Å². The van der Waals surface area contributed by atoms with Gasteiger partial charge in [-0.3, -0.25) is 0 Å². The summed E-state index contributed by atoms with van der Waals surface area (Å²) in [6.07, 6.45) is -4.38. The van der Waals surface area contributed by atoms with Crippen molar-refractivity contribution in [1.82, 2.24) is 0 Å². The zero-order valence-corrected chi connectivity index (χ0v) is 13.9. The van der Waals surface area contributed by atoms with Crippen LogP contribution in [0.25, 0.3) is 0 Å². The predicted octanol–water partition coefficient (Wildman–Crippen LogP) is 3.62. The van der Waals surface area contributed by atoms with Crippen LogP contribution in [0.2, 0.25) is 0 Å². The number of nitrogen functional groups attached to an aromatic ring is 1. The fourth-order valence-electron chi connectivity index (χ4n) is 3.10. The van der Waals surface area contributed by atoms with Crippen LogP contribution >= 0.6 is 0 Å². The van der Waals surface area contributed by atoms with Gasteiger partial charge in [0, 0.05) is 26.2 Å². The Kier molecular flexibility index (Phi) is 4.65. The number of hydrogen-bond donors (Lipinski definition) is 1. The van der Waals surface area contributed by atoms with Crippen LogP contribution in [-0.2, 0) is 6.18 Å². The second kappa shape index (κ2) is 6.74. The standard InChI is InChI=1S/C18H20F3N3O/c1-25-17-5-3-2-4-16(17)24-10-8-23(9-11-24)15-7-6-13(12-14(15)22)18(19,20)21/h2-7,12H,8-11,22H2,1H3. The number of ether oxygens (including phenoxy) is 1. The van der Waals surface area contributed by atoms with Crippen LogP contribution in [0.4, 0.5) is 30.2 Å². The van der Waals surface area contributed by atoms with Crippen LogP contribution in [0.5, 0.6) is 5.75 Å². The van der Waals surface area contributed by atoms with Gasteiger partial charge in [-0.2, -0.15) is 13.2 Å². The lowest BCUT2D eigenvalue weighted by Gasteiger charge is -2.38. The summed E-state index contributed by atoms with van der Waals surface area (Å²) in [7, 11) is 1.64. The molecule has 0 saturated carbocycles. The van der Waals surface area contributed by atoms with Crippen LogP contribution in [-0.4, -0.2) is 33.3 Å². The summed E-state index contributed by atoms with van der Waals surface area (Å²) in [6, 6.07) is 11.3. The van der Waals surface area contributed by atoms with Gasteiger partial charge in [-0.1, -0.05) is 12.1 Å². The van der Waals surface area contributed by atoms with Gasteiger partial charge in [0.1, 0.15) is 5.75 Å². The quantitative estimate of drug-likeness (QED) is 0.858. The normalized spacial score (nSPS) is 15.4. The molecule has 0 aliphatic carbocycles. The van der Waals surface area contributed by atoms with Gasteiger partial charge in [0.25, 0.3) is 0 Å². The lowest BCUT2D eigenvalue weighted by molar-refractivity contribution is -0.137. The molecule has 25 heavy (non-hydrogen) atoms. The SMILES string of the molecule is COc1ccccc1N1CCN(c2ccc(C(F)(F)F)cc2N)CC1. The van der Waals surface area contributed by atoms with Gasteiger partial charge >= 0.3 is 6.18 Å². The van der Waals surface area contributed by atoms with Crippen molar-refractivity contribution < 1.29 is 17.9 Å². The Morgan fingerprint density at radius 2 is 1.52 bits per heavy atom. The maximum absolute atomic E-state index is 12.8. The molecule has 7 heteroatoms. The Hall–Kier alpha value is -2.57. The van der Waals surface area contributed by atoms with E-state index in [-0.39, 0.29) is 5.69 Å². The monoisotopic (exact) mass is 351 g/mol. The minimum atomic E-state index is -4.38. The molecule has 3 rings (SSSR count). The Morgan fingerprint density at radius 1 is 0.920 bits per heavy atom. The van der Waals surface area contributed by atoms with Crippen molar-refractivity contribution in [2.45, 2.75) is 6.18 Å². The van der Waals surface area contributed by atoms with Gasteiger partial charge in [0.2, 0.25) is 0 Å². The van der Waals surface area contributed by atoms with Gasteiger partial charge in [-0.05, 0) is 30.3 Å². The summed E-state index contributed by atoms with van der Waals surface area (Å²) < 4.78 is 43.7. The van der Waals surface area contributed by atoms with Crippen molar-refractivity contribution in [3.63, 3.8) is 0 Å². The molecule has 134 valence electrons. The molecule has 2 N–H and O–H groups in total. The zero-order chi connectivity index (χ0) is 18.0. The van der Waals surface area contributed by atoms with Crippen molar-refractivity contribution in [3.8, 4) is 5.75 Å². The third kappa shape index (κ3) is 3.60. The first kappa shape index (κ1) is 17.3. The van der Waals surface area contributed by atoms with Crippen molar-refractivity contribution >= 4 is 17.1 Å². The Labute approximate surface area is 144 Å². The third-order valence-corrected chi connectivity index (χ3v) is 4.40. The van der Waals surface area contributed by atoms with Crippen LogP contribution in [0.3, 0.4) is 0 Å². The lowest BCUT2D eigenvalue weighted by atomic mass is 10.1. The molecule has 1 aliphatic heterocycles. The molecule has 2 aromatic rings. The number of rotatable bonds is 3. The summed E-state index contributed by atoms with van der Waals surface area (Å²) in [5.74, 6) is 0.810. The fourth-order valence-corrected chi connectivity index (χ4v) is 3.10. The Bertz CT molecular complexity index is 741. The number of benzene rings is 2. The van der Waals surface area contributed by atoms with Gasteiger partial charge in [0.05, 0.1) is 29.7 Å². The number of nitrogens with two attached hydrogens (primary N) is 1. The van der Waals surface area contributed by atoms with Crippen LogP contribution < -0.4 is 20.3 Å². The summed E-state index contributed by atoms with van der Waals surface area (Å²) in [5.41, 5.74) is 6.96. The summed E-state index contributed by atoms with van der Waals surface area (Å²) in [6.45, 7) is 2.82. The molecular weight excluding hydrogens is 331 g/mol. The first-order valence-electron chi connectivity index (χ1n) is 8.00. The highest BCUT2D eigenvalue weighted by molar-refractivity contribution is 5.69. The highest BCUT2D eigenvalue weighted by atomic mass is 19.4. The van der Waals surface area contributed by atoms with E-state index < -0.39 is 11.7 Å². The molecule has 1 aliphatic rings. The minimum absolute atomic E-state index is 0.153. The molecule has 0 amide bonds. The average molecular weight is 351 g/mol. The molecule has 0 aromatic heterocycles. The maximum atomic E-state index is 12.8. The molecule has 0 unspecified atom stereocenters. The summed E-state index contributed by atoms with van der Waals surface area (Å²) >= 11 is 0. The number of piperazine rings is 1. The first-order chi connectivity index (χ1) is 11.9. The summed E-state index contributed by atoms with van der Waals surface area (Å²) in [4.78, 5) is 4.22. The van der Waals surface area contributed by atoms with Crippen LogP contribution in [0, 0.1) is 0 Å². The van der Waals surface area contributed by atoms with E-state index in [1.54, 1.807) is 7.11 Å². The number of para-hydroxylation sites is 2. The zero-order valence-electron chi connectivity index (χ0n) is 13.9. The van der Waals surface area contributed by atoms with E-state index in [2.05, 4.69) is 4.90 Å². The van der Waals surface area contributed by atoms with E-state index in [4.69, 9.17) is 10.5 Å². The fraction of sp³-hybridized carbons (Fsp3) is 0.333. The first-order valence-corrected chi connectivity index (χ1v) is 8.00. The number of nitrogens with zero attached hydrogens (tertiary/aromatic N) is 2. The highest BCUT2D eigenvalue weighted by Crippen LogP contribution is 2.35. The van der Waals surface area contributed by atoms with Crippen molar-refractivity contribution in [1.29, 1.82) is 0 Å². The molecule has 0 spiro atoms. The predicted molar refractivity (Wildman–Crippen MR) is 93.3 cm³/mol. The van der Waals surface area contributed by atoms with Gasteiger partial charge in [-0.25, -0.2) is 0 Å². The van der Waals surface area contributed by atoms with Crippen LogP contribution in [0.1, 0.15) is 5.56 Å². The largest absolute Gasteiger partial charge is 0.495 e. The average Bonchev–Trinajstić information content (AvgIpc) is 2.61. The van der Waals surface area contributed by atoms with E-state index in [0.717, 1.165) is 36.7 Å². The van der Waals surface area contributed by atoms with E-state index in [9.17, 15) is 13.2 Å². The van der Waals surface area contributed by atoms with E-state index in [0.29, 0.717) is 18.8 Å². The molecule has 0 bridgehead atoms. The topological polar surface area (TPSA) is 41.7 Å². The molecule has 1 fully saturated rings. The Balaban J connectivity index is 1.72. The van der Waals surface area contributed by atoms with Crippen molar-refractivity contribution in [2.75, 3.05) is 48.8 Å². The van der Waals surface area contributed by atoms with E-state index in [1.165, 1.54) is 6.07 Å². The second-order valence-electron chi connectivity index (χ2n) is 5.92. The molecule has 4 nitrogen and oxygen atoms in total. The molecule has 1 saturated heterocycles. The molecule has 1 heterocycles. The lowest BCUT2D eigenvalue weighted by Crippen LogP contribution is -2.46. The Morgan fingerprint density at radius 3 is 2.08 bits per heavy atom.